The zero-order chi connectivity index (χ0) is 23.3. The van der Waals surface area contributed by atoms with E-state index in [0.29, 0.717) is 23.9 Å². The highest BCUT2D eigenvalue weighted by molar-refractivity contribution is 6.05. The van der Waals surface area contributed by atoms with Gasteiger partial charge in [-0.25, -0.2) is 0 Å². The van der Waals surface area contributed by atoms with E-state index in [1.54, 1.807) is 4.90 Å². The fraction of sp³-hybridized carbons (Fsp3) is 0.654. The van der Waals surface area contributed by atoms with Crippen molar-refractivity contribution < 1.29 is 14.4 Å². The number of fused-ring (bicyclic) bond motifs is 1. The fourth-order valence-electron chi connectivity index (χ4n) is 6.97. The van der Waals surface area contributed by atoms with Crippen LogP contribution < -0.4 is 15.5 Å². The van der Waals surface area contributed by atoms with Crippen molar-refractivity contribution in [2.45, 2.75) is 51.1 Å². The zero-order valence-electron chi connectivity index (χ0n) is 19.9. The normalized spacial score (nSPS) is 27.6. The molecule has 182 valence electrons. The Morgan fingerprint density at radius 1 is 1.00 bits per heavy atom. The number of hydrogen-bond acceptors (Lipinski definition) is 6. The lowest BCUT2D eigenvalue weighted by Gasteiger charge is -2.52. The lowest BCUT2D eigenvalue weighted by molar-refractivity contribution is -0.136. The predicted octanol–water partition coefficient (Wildman–Crippen LogP) is 1.35. The van der Waals surface area contributed by atoms with Crippen LogP contribution in [0.25, 0.3) is 0 Å². The van der Waals surface area contributed by atoms with Gasteiger partial charge >= 0.3 is 0 Å². The SMILES string of the molecule is O=C1CC[C@@H](N2Cc3cc(N4CCN(CC5CC6(CCNCC6)C5)CC4)ccc3C2=O)C(=O)N1. The molecule has 0 bridgehead atoms. The Balaban J connectivity index is 1.03. The standard InChI is InChI=1S/C26H35N5O3/c32-23-4-3-22(24(33)28-23)31-17-19-13-20(1-2-21(19)25(31)34)30-11-9-29(10-12-30)16-18-14-26(15-18)5-7-27-8-6-26/h1-2,13,18,22,27H,3-12,14-17H2,(H,28,32,33)/t22-/m1/s1. The van der Waals surface area contributed by atoms with Gasteiger partial charge in [0, 0.05) is 56.9 Å². The number of carbonyl (C=O) groups is 3. The molecule has 1 aromatic rings. The Hall–Kier alpha value is -2.45. The monoisotopic (exact) mass is 465 g/mol. The molecule has 3 amide bonds. The minimum absolute atomic E-state index is 0.104. The molecule has 6 rings (SSSR count). The number of piperazine rings is 1. The molecule has 8 heteroatoms. The summed E-state index contributed by atoms with van der Waals surface area (Å²) in [4.78, 5) is 43.4. The molecule has 8 nitrogen and oxygen atoms in total. The van der Waals surface area contributed by atoms with Gasteiger partial charge in [0.05, 0.1) is 0 Å². The maximum Gasteiger partial charge on any atom is 0.255 e. The Bertz CT molecular complexity index is 988. The largest absolute Gasteiger partial charge is 0.369 e. The van der Waals surface area contributed by atoms with Gasteiger partial charge in [-0.1, -0.05) is 0 Å². The van der Waals surface area contributed by atoms with E-state index in [0.717, 1.165) is 43.3 Å². The van der Waals surface area contributed by atoms with Gasteiger partial charge in [0.15, 0.2) is 0 Å². The number of nitrogens with zero attached hydrogens (tertiary/aromatic N) is 3. The summed E-state index contributed by atoms with van der Waals surface area (Å²) in [6, 6.07) is 5.53. The topological polar surface area (TPSA) is 85.0 Å². The molecule has 4 fully saturated rings. The third kappa shape index (κ3) is 4.01. The highest BCUT2D eigenvalue weighted by Crippen LogP contribution is 2.51. The van der Waals surface area contributed by atoms with Crippen LogP contribution in [0.5, 0.6) is 0 Å². The Morgan fingerprint density at radius 3 is 2.50 bits per heavy atom. The third-order valence-corrected chi connectivity index (χ3v) is 8.87. The van der Waals surface area contributed by atoms with Gasteiger partial charge in [-0.15, -0.1) is 0 Å². The van der Waals surface area contributed by atoms with Crippen molar-refractivity contribution in [2.24, 2.45) is 11.3 Å². The van der Waals surface area contributed by atoms with Crippen molar-refractivity contribution in [3.8, 4) is 0 Å². The average molecular weight is 466 g/mol. The van der Waals surface area contributed by atoms with Crippen molar-refractivity contribution in [1.29, 1.82) is 0 Å². The van der Waals surface area contributed by atoms with Crippen LogP contribution >= 0.6 is 0 Å². The maximum absolute atomic E-state index is 12.9. The number of hydrogen-bond donors (Lipinski definition) is 2. The van der Waals surface area contributed by atoms with Crippen LogP contribution in [0.3, 0.4) is 0 Å². The van der Waals surface area contributed by atoms with E-state index in [1.165, 1.54) is 45.3 Å². The number of imide groups is 1. The Kier molecular flexibility index (Phi) is 5.60. The second-order valence-electron chi connectivity index (χ2n) is 11.1. The molecule has 1 aromatic carbocycles. The third-order valence-electron chi connectivity index (χ3n) is 8.87. The summed E-state index contributed by atoms with van der Waals surface area (Å²) in [6.07, 6.45) is 6.23. The summed E-state index contributed by atoms with van der Waals surface area (Å²) in [7, 11) is 0. The summed E-state index contributed by atoms with van der Waals surface area (Å²) in [5.41, 5.74) is 3.48. The first-order valence-corrected chi connectivity index (χ1v) is 13.0. The first-order valence-electron chi connectivity index (χ1n) is 13.0. The highest BCUT2D eigenvalue weighted by Gasteiger charge is 2.45. The molecule has 1 atom stereocenters. The van der Waals surface area contributed by atoms with Crippen molar-refractivity contribution in [3.63, 3.8) is 0 Å². The van der Waals surface area contributed by atoms with E-state index >= 15 is 0 Å². The van der Waals surface area contributed by atoms with Crippen molar-refractivity contribution >= 4 is 23.4 Å². The van der Waals surface area contributed by atoms with Gasteiger partial charge in [-0.2, -0.15) is 0 Å². The molecule has 0 aromatic heterocycles. The summed E-state index contributed by atoms with van der Waals surface area (Å²) >= 11 is 0. The van der Waals surface area contributed by atoms with Gasteiger partial charge < -0.3 is 15.1 Å². The van der Waals surface area contributed by atoms with Crippen LogP contribution in [0, 0.1) is 11.3 Å². The number of nitrogens with one attached hydrogen (secondary N) is 2. The van der Waals surface area contributed by atoms with Gasteiger partial charge in [-0.05, 0) is 80.3 Å². The molecule has 2 N–H and O–H groups in total. The maximum atomic E-state index is 12.9. The molecule has 1 saturated carbocycles. The number of amides is 3. The number of piperidine rings is 2. The van der Waals surface area contributed by atoms with Gasteiger partial charge in [-0.3, -0.25) is 24.6 Å². The number of rotatable bonds is 4. The first-order chi connectivity index (χ1) is 16.5. The molecule has 0 unspecified atom stereocenters. The van der Waals surface area contributed by atoms with Gasteiger partial charge in [0.2, 0.25) is 11.8 Å². The highest BCUT2D eigenvalue weighted by atomic mass is 16.2. The molecule has 3 saturated heterocycles. The minimum Gasteiger partial charge on any atom is -0.369 e. The molecule has 4 heterocycles. The summed E-state index contributed by atoms with van der Waals surface area (Å²) in [5.74, 6) is 0.156. The fourth-order valence-corrected chi connectivity index (χ4v) is 6.97. The molecular formula is C26H35N5O3. The number of carbonyl (C=O) groups excluding carboxylic acids is 3. The second-order valence-corrected chi connectivity index (χ2v) is 11.1. The molecule has 4 aliphatic heterocycles. The summed E-state index contributed by atoms with van der Waals surface area (Å²) in [5, 5.41) is 5.87. The van der Waals surface area contributed by atoms with E-state index in [-0.39, 0.29) is 24.1 Å². The lowest BCUT2D eigenvalue weighted by Crippen LogP contribution is -2.52. The molecule has 34 heavy (non-hydrogen) atoms. The molecule has 1 spiro atoms. The molecular weight excluding hydrogens is 430 g/mol. The summed E-state index contributed by atoms with van der Waals surface area (Å²) in [6.45, 7) is 8.26. The van der Waals surface area contributed by atoms with Crippen molar-refractivity contribution in [1.82, 2.24) is 20.4 Å². The first kappa shape index (κ1) is 22.0. The van der Waals surface area contributed by atoms with Crippen LogP contribution in [-0.4, -0.2) is 79.4 Å². The van der Waals surface area contributed by atoms with E-state index < -0.39 is 6.04 Å². The predicted molar refractivity (Wildman–Crippen MR) is 128 cm³/mol. The lowest BCUT2D eigenvalue weighted by atomic mass is 9.57. The van der Waals surface area contributed by atoms with E-state index in [4.69, 9.17) is 0 Å². The zero-order valence-corrected chi connectivity index (χ0v) is 19.9. The van der Waals surface area contributed by atoms with E-state index in [1.807, 2.05) is 12.1 Å². The molecule has 1 aliphatic carbocycles. The van der Waals surface area contributed by atoms with Crippen LogP contribution in [0.2, 0.25) is 0 Å². The summed E-state index contributed by atoms with van der Waals surface area (Å²) < 4.78 is 0. The van der Waals surface area contributed by atoms with Crippen LogP contribution in [0.4, 0.5) is 5.69 Å². The van der Waals surface area contributed by atoms with Crippen LogP contribution in [0.15, 0.2) is 18.2 Å². The Morgan fingerprint density at radius 2 is 1.76 bits per heavy atom. The smallest absolute Gasteiger partial charge is 0.255 e. The minimum atomic E-state index is -0.555. The van der Waals surface area contributed by atoms with Crippen LogP contribution in [0.1, 0.15) is 54.4 Å². The van der Waals surface area contributed by atoms with Gasteiger partial charge in [0.1, 0.15) is 6.04 Å². The van der Waals surface area contributed by atoms with Crippen LogP contribution in [-0.2, 0) is 16.1 Å². The van der Waals surface area contributed by atoms with Crippen molar-refractivity contribution in [2.75, 3.05) is 50.7 Å². The molecule has 5 aliphatic rings. The van der Waals surface area contributed by atoms with E-state index in [2.05, 4.69) is 26.5 Å². The average Bonchev–Trinajstić information content (AvgIpc) is 3.15. The van der Waals surface area contributed by atoms with E-state index in [9.17, 15) is 14.4 Å². The van der Waals surface area contributed by atoms with Crippen molar-refractivity contribution in [3.05, 3.63) is 29.3 Å². The second kappa shape index (κ2) is 8.64. The molecule has 0 radical (unpaired) electrons. The van der Waals surface area contributed by atoms with Gasteiger partial charge in [0.25, 0.3) is 5.91 Å². The Labute approximate surface area is 201 Å². The number of benzene rings is 1. The quantitative estimate of drug-likeness (QED) is 0.653. The number of anilines is 1.